The summed E-state index contributed by atoms with van der Waals surface area (Å²) in [4.78, 5) is 20.9. The van der Waals surface area contributed by atoms with Crippen LogP contribution in [-0.2, 0) is 0 Å². The minimum absolute atomic E-state index is 0.0702. The van der Waals surface area contributed by atoms with Crippen LogP contribution in [0.25, 0.3) is 5.78 Å². The van der Waals surface area contributed by atoms with E-state index in [-0.39, 0.29) is 5.82 Å². The molecule has 1 N–H and O–H groups in total. The normalized spacial score (nSPS) is 10.7. The van der Waals surface area contributed by atoms with Gasteiger partial charge in [-0.3, -0.25) is 4.79 Å². The predicted octanol–water partition coefficient (Wildman–Crippen LogP) is 3.79. The molecule has 1 amide bonds. The summed E-state index contributed by atoms with van der Waals surface area (Å²) in [6.45, 7) is 3.77. The average Bonchev–Trinajstić information content (AvgIpc) is 3.09. The molecule has 0 aliphatic carbocycles. The van der Waals surface area contributed by atoms with Gasteiger partial charge in [-0.1, -0.05) is 18.2 Å². The molecule has 0 bridgehead atoms. The fraction of sp³-hybridized carbons (Fsp3) is 0.100. The number of hydrogen-bond donors (Lipinski definition) is 1. The highest BCUT2D eigenvalue weighted by atomic mass is 16.5. The molecule has 2 aromatic carbocycles. The number of anilines is 1. The second-order valence-electron chi connectivity index (χ2n) is 6.08. The Balaban J connectivity index is 1.49. The molecule has 134 valence electrons. The number of rotatable bonds is 4. The summed E-state index contributed by atoms with van der Waals surface area (Å²) in [6.07, 6.45) is 0. The topological polar surface area (TPSA) is 81.4 Å². The average molecular weight is 359 g/mol. The summed E-state index contributed by atoms with van der Waals surface area (Å²) >= 11 is 0. The van der Waals surface area contributed by atoms with E-state index in [2.05, 4.69) is 20.4 Å². The van der Waals surface area contributed by atoms with Crippen molar-refractivity contribution in [1.29, 1.82) is 0 Å². The SMILES string of the molecule is Cc1cc(C)n2nc(C(=O)Nc3ccc(Oc4ccccc4)cc3)nc2n1. The molecule has 0 aliphatic heterocycles. The molecule has 0 unspecified atom stereocenters. The molecule has 2 heterocycles. The summed E-state index contributed by atoms with van der Waals surface area (Å²) < 4.78 is 7.29. The highest BCUT2D eigenvalue weighted by Crippen LogP contribution is 2.22. The van der Waals surface area contributed by atoms with Crippen LogP contribution in [0.15, 0.2) is 60.7 Å². The number of nitrogens with zero attached hydrogens (tertiary/aromatic N) is 4. The highest BCUT2D eigenvalue weighted by molar-refractivity contribution is 6.01. The summed E-state index contributed by atoms with van der Waals surface area (Å²) in [6, 6.07) is 18.5. The van der Waals surface area contributed by atoms with E-state index in [4.69, 9.17) is 4.74 Å². The van der Waals surface area contributed by atoms with Crippen LogP contribution in [0.1, 0.15) is 22.0 Å². The van der Waals surface area contributed by atoms with Crippen molar-refractivity contribution in [3.63, 3.8) is 0 Å². The van der Waals surface area contributed by atoms with E-state index in [0.29, 0.717) is 17.2 Å². The van der Waals surface area contributed by atoms with E-state index < -0.39 is 5.91 Å². The molecular formula is C20H17N5O2. The molecule has 27 heavy (non-hydrogen) atoms. The van der Waals surface area contributed by atoms with Gasteiger partial charge >= 0.3 is 0 Å². The monoisotopic (exact) mass is 359 g/mol. The second kappa shape index (κ2) is 6.87. The number of benzene rings is 2. The van der Waals surface area contributed by atoms with Gasteiger partial charge < -0.3 is 10.1 Å². The van der Waals surface area contributed by atoms with Crippen LogP contribution in [0, 0.1) is 13.8 Å². The van der Waals surface area contributed by atoms with E-state index >= 15 is 0 Å². The first-order valence-electron chi connectivity index (χ1n) is 8.44. The lowest BCUT2D eigenvalue weighted by Crippen LogP contribution is -2.14. The van der Waals surface area contributed by atoms with Gasteiger partial charge in [0, 0.05) is 17.1 Å². The summed E-state index contributed by atoms with van der Waals surface area (Å²) in [5, 5.41) is 7.01. The van der Waals surface area contributed by atoms with E-state index in [0.717, 1.165) is 17.1 Å². The lowest BCUT2D eigenvalue weighted by Gasteiger charge is -2.07. The van der Waals surface area contributed by atoms with Gasteiger partial charge in [0.15, 0.2) is 0 Å². The number of nitrogens with one attached hydrogen (secondary N) is 1. The molecule has 0 spiro atoms. The second-order valence-corrected chi connectivity index (χ2v) is 6.08. The third kappa shape index (κ3) is 3.62. The molecule has 2 aromatic heterocycles. The Bertz CT molecular complexity index is 1100. The molecule has 0 radical (unpaired) electrons. The fourth-order valence-corrected chi connectivity index (χ4v) is 2.68. The first kappa shape index (κ1) is 16.7. The molecule has 0 aliphatic rings. The van der Waals surface area contributed by atoms with Crippen LogP contribution >= 0.6 is 0 Å². The lowest BCUT2D eigenvalue weighted by atomic mass is 10.3. The molecule has 0 saturated carbocycles. The Labute approximate surface area is 155 Å². The van der Waals surface area contributed by atoms with E-state index in [1.807, 2.05) is 50.2 Å². The predicted molar refractivity (Wildman–Crippen MR) is 101 cm³/mol. The van der Waals surface area contributed by atoms with E-state index in [9.17, 15) is 4.79 Å². The Morgan fingerprint density at radius 1 is 0.963 bits per heavy atom. The van der Waals surface area contributed by atoms with Gasteiger partial charge in [-0.05, 0) is 56.3 Å². The van der Waals surface area contributed by atoms with Crippen molar-refractivity contribution < 1.29 is 9.53 Å². The van der Waals surface area contributed by atoms with Crippen LogP contribution in [0.2, 0.25) is 0 Å². The van der Waals surface area contributed by atoms with Crippen LogP contribution in [-0.4, -0.2) is 25.5 Å². The smallest absolute Gasteiger partial charge is 0.295 e. The van der Waals surface area contributed by atoms with Crippen LogP contribution in [0.3, 0.4) is 0 Å². The fourth-order valence-electron chi connectivity index (χ4n) is 2.68. The largest absolute Gasteiger partial charge is 0.457 e. The van der Waals surface area contributed by atoms with Crippen molar-refractivity contribution in [3.05, 3.63) is 77.9 Å². The Morgan fingerprint density at radius 2 is 1.67 bits per heavy atom. The Kier molecular flexibility index (Phi) is 4.25. The van der Waals surface area contributed by atoms with Gasteiger partial charge in [0.2, 0.25) is 5.82 Å². The van der Waals surface area contributed by atoms with Crippen molar-refractivity contribution in [2.45, 2.75) is 13.8 Å². The van der Waals surface area contributed by atoms with Gasteiger partial charge in [-0.15, -0.1) is 5.10 Å². The molecule has 7 heteroatoms. The number of carbonyl (C=O) groups is 1. The van der Waals surface area contributed by atoms with Gasteiger partial charge in [-0.25, -0.2) is 9.50 Å². The number of carbonyl (C=O) groups excluding carboxylic acids is 1. The van der Waals surface area contributed by atoms with Crippen LogP contribution in [0.5, 0.6) is 11.5 Å². The summed E-state index contributed by atoms with van der Waals surface area (Å²) in [5.41, 5.74) is 2.32. The standard InChI is InChI=1S/C20H17N5O2/c1-13-12-14(2)25-20(21-13)23-18(24-25)19(26)22-15-8-10-17(11-9-15)27-16-6-4-3-5-7-16/h3-12H,1-2H3,(H,22,26). The zero-order chi connectivity index (χ0) is 18.8. The van der Waals surface area contributed by atoms with Gasteiger partial charge in [-0.2, -0.15) is 4.98 Å². The molecule has 0 atom stereocenters. The maximum Gasteiger partial charge on any atom is 0.295 e. The molecule has 4 aromatic rings. The van der Waals surface area contributed by atoms with E-state index in [1.165, 1.54) is 0 Å². The van der Waals surface area contributed by atoms with Gasteiger partial charge in [0.25, 0.3) is 11.7 Å². The number of fused-ring (bicyclic) bond motifs is 1. The number of aryl methyl sites for hydroxylation is 2. The zero-order valence-corrected chi connectivity index (χ0v) is 14.9. The number of para-hydroxylation sites is 1. The zero-order valence-electron chi connectivity index (χ0n) is 14.9. The van der Waals surface area contributed by atoms with Crippen molar-refractivity contribution in [2.75, 3.05) is 5.32 Å². The molecular weight excluding hydrogens is 342 g/mol. The molecule has 0 fully saturated rings. The number of amides is 1. The number of ether oxygens (including phenoxy) is 1. The number of hydrogen-bond acceptors (Lipinski definition) is 5. The summed E-state index contributed by atoms with van der Waals surface area (Å²) in [7, 11) is 0. The third-order valence-corrected chi connectivity index (χ3v) is 3.91. The minimum Gasteiger partial charge on any atom is -0.457 e. The third-order valence-electron chi connectivity index (χ3n) is 3.91. The molecule has 0 saturated heterocycles. The lowest BCUT2D eigenvalue weighted by molar-refractivity contribution is 0.101. The van der Waals surface area contributed by atoms with Crippen LogP contribution in [0.4, 0.5) is 5.69 Å². The first-order chi connectivity index (χ1) is 13.1. The summed E-state index contributed by atoms with van der Waals surface area (Å²) in [5.74, 6) is 1.51. The Hall–Kier alpha value is -3.74. The Morgan fingerprint density at radius 3 is 2.41 bits per heavy atom. The molecule has 7 nitrogen and oxygen atoms in total. The first-order valence-corrected chi connectivity index (χ1v) is 8.44. The maximum absolute atomic E-state index is 12.4. The quantitative estimate of drug-likeness (QED) is 0.600. The van der Waals surface area contributed by atoms with E-state index in [1.54, 1.807) is 28.8 Å². The highest BCUT2D eigenvalue weighted by Gasteiger charge is 2.15. The maximum atomic E-state index is 12.4. The van der Waals surface area contributed by atoms with Crippen molar-refractivity contribution >= 4 is 17.4 Å². The number of aromatic nitrogens is 4. The van der Waals surface area contributed by atoms with Crippen LogP contribution < -0.4 is 10.1 Å². The van der Waals surface area contributed by atoms with Crippen molar-refractivity contribution in [1.82, 2.24) is 19.6 Å². The van der Waals surface area contributed by atoms with Gasteiger partial charge in [0.1, 0.15) is 11.5 Å². The molecule has 4 rings (SSSR count). The van der Waals surface area contributed by atoms with Gasteiger partial charge in [0.05, 0.1) is 0 Å². The van der Waals surface area contributed by atoms with Crippen molar-refractivity contribution in [3.8, 4) is 11.5 Å². The minimum atomic E-state index is -0.394. The van der Waals surface area contributed by atoms with Crippen molar-refractivity contribution in [2.24, 2.45) is 0 Å².